The van der Waals surface area contributed by atoms with E-state index in [9.17, 15) is 4.79 Å². The van der Waals surface area contributed by atoms with Gasteiger partial charge in [-0.05, 0) is 23.8 Å². The lowest BCUT2D eigenvalue weighted by molar-refractivity contribution is 0.0690. The fraction of sp³-hybridized carbons (Fsp3) is 0.100. The number of carboxylic acid groups (broad SMARTS) is 1. The Bertz CT molecular complexity index is 568. The number of carboxylic acids is 1. The molecule has 1 N–H and O–H groups in total. The highest BCUT2D eigenvalue weighted by Crippen LogP contribution is 2.21. The highest BCUT2D eigenvalue weighted by Gasteiger charge is 2.09. The normalized spacial score (nSPS) is 10.5. The number of nitrogens with zero attached hydrogens (tertiary/aromatic N) is 3. The lowest BCUT2D eigenvalue weighted by Crippen LogP contribution is -2.01. The maximum absolute atomic E-state index is 10.6. The van der Waals surface area contributed by atoms with Gasteiger partial charge in [0, 0.05) is 10.0 Å². The van der Waals surface area contributed by atoms with E-state index in [0.29, 0.717) is 16.6 Å². The second kappa shape index (κ2) is 4.73. The Labute approximate surface area is 107 Å². The molecule has 0 unspecified atom stereocenters. The van der Waals surface area contributed by atoms with Crippen LogP contribution in [0.2, 0.25) is 10.0 Å². The number of hydrogen-bond donors (Lipinski definition) is 1. The van der Waals surface area contributed by atoms with E-state index in [4.69, 9.17) is 28.3 Å². The standard InChI is InChI=1S/C10H7Cl2N3O2/c11-7-1-2-8(12)6(3-7)4-15-5-9(10(16)17)13-14-15/h1-3,5H,4H2,(H,16,17). The third-order valence-corrected chi connectivity index (χ3v) is 2.70. The second-order valence-electron chi connectivity index (χ2n) is 3.34. The average molecular weight is 272 g/mol. The molecule has 0 saturated carbocycles. The van der Waals surface area contributed by atoms with Crippen molar-refractivity contribution in [3.63, 3.8) is 0 Å². The number of halogens is 2. The molecule has 1 aromatic carbocycles. The van der Waals surface area contributed by atoms with E-state index in [0.717, 1.165) is 5.56 Å². The predicted molar refractivity (Wildman–Crippen MR) is 62.5 cm³/mol. The summed E-state index contributed by atoms with van der Waals surface area (Å²) in [6.45, 7) is 0.319. The minimum absolute atomic E-state index is 0.108. The molecule has 1 aromatic heterocycles. The van der Waals surface area contributed by atoms with Crippen molar-refractivity contribution in [1.82, 2.24) is 15.0 Å². The Kier molecular flexibility index (Phi) is 3.31. The van der Waals surface area contributed by atoms with Crippen LogP contribution in [0.3, 0.4) is 0 Å². The molecule has 0 aliphatic carbocycles. The monoisotopic (exact) mass is 271 g/mol. The van der Waals surface area contributed by atoms with Crippen molar-refractivity contribution >= 4 is 29.2 Å². The molecule has 2 aromatic rings. The van der Waals surface area contributed by atoms with Gasteiger partial charge in [-0.25, -0.2) is 9.48 Å². The van der Waals surface area contributed by atoms with E-state index in [-0.39, 0.29) is 5.69 Å². The first-order valence-electron chi connectivity index (χ1n) is 4.63. The summed E-state index contributed by atoms with van der Waals surface area (Å²) in [7, 11) is 0. The van der Waals surface area contributed by atoms with Crippen LogP contribution >= 0.6 is 23.2 Å². The molecule has 88 valence electrons. The third kappa shape index (κ3) is 2.75. The quantitative estimate of drug-likeness (QED) is 0.931. The summed E-state index contributed by atoms with van der Waals surface area (Å²) in [5.41, 5.74) is 0.643. The number of hydrogen-bond acceptors (Lipinski definition) is 3. The van der Waals surface area contributed by atoms with Crippen molar-refractivity contribution in [2.45, 2.75) is 6.54 Å². The SMILES string of the molecule is O=C(O)c1cn(Cc2cc(Cl)ccc2Cl)nn1. The van der Waals surface area contributed by atoms with Crippen LogP contribution in [-0.2, 0) is 6.54 Å². The highest BCUT2D eigenvalue weighted by molar-refractivity contribution is 6.33. The molecule has 0 aliphatic heterocycles. The summed E-state index contributed by atoms with van der Waals surface area (Å²) in [4.78, 5) is 10.6. The van der Waals surface area contributed by atoms with Crippen LogP contribution in [0.5, 0.6) is 0 Å². The van der Waals surface area contributed by atoms with Gasteiger partial charge in [-0.1, -0.05) is 28.4 Å². The van der Waals surface area contributed by atoms with Gasteiger partial charge in [-0.15, -0.1) is 5.10 Å². The first kappa shape index (κ1) is 11.9. The van der Waals surface area contributed by atoms with Gasteiger partial charge in [-0.2, -0.15) is 0 Å². The zero-order valence-electron chi connectivity index (χ0n) is 8.47. The molecule has 5 nitrogen and oxygen atoms in total. The Hall–Kier alpha value is -1.59. The van der Waals surface area contributed by atoms with Crippen LogP contribution < -0.4 is 0 Å². The van der Waals surface area contributed by atoms with Gasteiger partial charge < -0.3 is 5.11 Å². The van der Waals surface area contributed by atoms with E-state index < -0.39 is 5.97 Å². The maximum atomic E-state index is 10.6. The Morgan fingerprint density at radius 2 is 2.18 bits per heavy atom. The van der Waals surface area contributed by atoms with Gasteiger partial charge in [0.05, 0.1) is 12.7 Å². The first-order valence-corrected chi connectivity index (χ1v) is 5.39. The molecule has 0 radical (unpaired) electrons. The summed E-state index contributed by atoms with van der Waals surface area (Å²) in [5, 5.41) is 17.0. The molecule has 2 rings (SSSR count). The fourth-order valence-electron chi connectivity index (χ4n) is 1.31. The van der Waals surface area contributed by atoms with Crippen LogP contribution in [0.25, 0.3) is 0 Å². The van der Waals surface area contributed by atoms with E-state index in [1.165, 1.54) is 10.9 Å². The molecular weight excluding hydrogens is 265 g/mol. The summed E-state index contributed by atoms with van der Waals surface area (Å²) in [5.74, 6) is -1.12. The Morgan fingerprint density at radius 1 is 1.41 bits per heavy atom. The van der Waals surface area contributed by atoms with Gasteiger partial charge in [0.15, 0.2) is 5.69 Å². The zero-order chi connectivity index (χ0) is 12.4. The van der Waals surface area contributed by atoms with Crippen LogP contribution in [0.1, 0.15) is 16.1 Å². The van der Waals surface area contributed by atoms with Gasteiger partial charge >= 0.3 is 5.97 Å². The topological polar surface area (TPSA) is 68.0 Å². The van der Waals surface area contributed by atoms with Gasteiger partial charge in [0.2, 0.25) is 0 Å². The molecule has 0 fully saturated rings. The minimum atomic E-state index is -1.12. The molecule has 7 heteroatoms. The second-order valence-corrected chi connectivity index (χ2v) is 4.19. The zero-order valence-corrected chi connectivity index (χ0v) is 9.98. The van der Waals surface area contributed by atoms with Gasteiger partial charge in [-0.3, -0.25) is 0 Å². The molecule has 0 aliphatic rings. The molecular formula is C10H7Cl2N3O2. The van der Waals surface area contributed by atoms with Crippen molar-refractivity contribution < 1.29 is 9.90 Å². The summed E-state index contributed by atoms with van der Waals surface area (Å²) in [6.07, 6.45) is 1.33. The van der Waals surface area contributed by atoms with E-state index in [1.54, 1.807) is 18.2 Å². The average Bonchev–Trinajstić information content (AvgIpc) is 2.72. The molecule has 17 heavy (non-hydrogen) atoms. The van der Waals surface area contributed by atoms with Crippen LogP contribution in [0.4, 0.5) is 0 Å². The van der Waals surface area contributed by atoms with Crippen molar-refractivity contribution in [3.8, 4) is 0 Å². The van der Waals surface area contributed by atoms with E-state index >= 15 is 0 Å². The van der Waals surface area contributed by atoms with Crippen molar-refractivity contribution in [1.29, 1.82) is 0 Å². The number of aromatic carboxylic acids is 1. The van der Waals surface area contributed by atoms with Gasteiger partial charge in [0.1, 0.15) is 0 Å². The molecule has 0 saturated heterocycles. The number of aromatic nitrogens is 3. The van der Waals surface area contributed by atoms with Crippen LogP contribution in [-0.4, -0.2) is 26.1 Å². The number of carbonyl (C=O) groups is 1. The van der Waals surface area contributed by atoms with Crippen LogP contribution in [0.15, 0.2) is 24.4 Å². The van der Waals surface area contributed by atoms with Gasteiger partial charge in [0.25, 0.3) is 0 Å². The minimum Gasteiger partial charge on any atom is -0.476 e. The fourth-order valence-corrected chi connectivity index (χ4v) is 1.68. The van der Waals surface area contributed by atoms with Crippen LogP contribution in [0, 0.1) is 0 Å². The summed E-state index contributed by atoms with van der Waals surface area (Å²) >= 11 is 11.8. The van der Waals surface area contributed by atoms with Crippen molar-refractivity contribution in [2.24, 2.45) is 0 Å². The highest BCUT2D eigenvalue weighted by atomic mass is 35.5. The Balaban J connectivity index is 2.25. The Morgan fingerprint density at radius 3 is 2.82 bits per heavy atom. The summed E-state index contributed by atoms with van der Waals surface area (Å²) < 4.78 is 1.39. The number of benzene rings is 1. The van der Waals surface area contributed by atoms with Crippen molar-refractivity contribution in [2.75, 3.05) is 0 Å². The lowest BCUT2D eigenvalue weighted by atomic mass is 10.2. The maximum Gasteiger partial charge on any atom is 0.358 e. The predicted octanol–water partition coefficient (Wildman–Crippen LogP) is 2.33. The number of rotatable bonds is 3. The van der Waals surface area contributed by atoms with E-state index in [1.807, 2.05) is 0 Å². The first-order chi connectivity index (χ1) is 8.06. The van der Waals surface area contributed by atoms with E-state index in [2.05, 4.69) is 10.3 Å². The molecule has 0 bridgehead atoms. The largest absolute Gasteiger partial charge is 0.476 e. The molecule has 0 atom stereocenters. The smallest absolute Gasteiger partial charge is 0.358 e. The van der Waals surface area contributed by atoms with Crippen molar-refractivity contribution in [3.05, 3.63) is 45.7 Å². The molecule has 0 amide bonds. The molecule has 1 heterocycles. The third-order valence-electron chi connectivity index (χ3n) is 2.10. The summed E-state index contributed by atoms with van der Waals surface area (Å²) in [6, 6.07) is 5.05. The molecule has 0 spiro atoms. The lowest BCUT2D eigenvalue weighted by Gasteiger charge is -2.04.